The smallest absolute Gasteiger partial charge is 0.198 e. The van der Waals surface area contributed by atoms with Crippen molar-refractivity contribution in [2.45, 2.75) is 65.3 Å². The van der Waals surface area contributed by atoms with Gasteiger partial charge in [-0.2, -0.15) is 0 Å². The second kappa shape index (κ2) is 6.89. The third-order valence-corrected chi connectivity index (χ3v) is 3.91. The molecule has 1 aliphatic carbocycles. The van der Waals surface area contributed by atoms with Crippen molar-refractivity contribution in [1.82, 2.24) is 4.98 Å². The fraction of sp³-hybridized carbons (Fsp3) is 0.588. The summed E-state index contributed by atoms with van der Waals surface area (Å²) in [4.78, 5) is 4.50. The minimum Gasteiger partial charge on any atom is -0.440 e. The lowest BCUT2D eigenvalue weighted by molar-refractivity contribution is 0.501. The summed E-state index contributed by atoms with van der Waals surface area (Å²) < 4.78 is 5.66. The standard InChI is InChI=1S/C12H16N2O.C5H10/c1-7(2)12-14-11-8(3)9(6-13)4-5-10(11)15-12;1-2-4-5-3-1/h4-5,7H,6,13H2,1-3H3;1-5H2. The van der Waals surface area contributed by atoms with Crippen LogP contribution < -0.4 is 5.73 Å². The van der Waals surface area contributed by atoms with E-state index < -0.39 is 0 Å². The largest absolute Gasteiger partial charge is 0.440 e. The van der Waals surface area contributed by atoms with Crippen LogP contribution in [-0.4, -0.2) is 4.98 Å². The maximum Gasteiger partial charge on any atom is 0.198 e. The lowest BCUT2D eigenvalue weighted by atomic mass is 10.1. The van der Waals surface area contributed by atoms with E-state index in [2.05, 4.69) is 18.8 Å². The number of nitrogens with zero attached hydrogens (tertiary/aromatic N) is 1. The van der Waals surface area contributed by atoms with E-state index in [1.807, 2.05) is 19.1 Å². The Hall–Kier alpha value is -1.35. The number of aromatic nitrogens is 1. The SMILES string of the molecule is C1CCCC1.Cc1c(CN)ccc2oc(C(C)C)nc12. The number of hydrogen-bond donors (Lipinski definition) is 1. The van der Waals surface area contributed by atoms with Gasteiger partial charge in [0.1, 0.15) is 5.52 Å². The molecular weight excluding hydrogens is 248 g/mol. The molecule has 1 aromatic carbocycles. The van der Waals surface area contributed by atoms with Crippen LogP contribution in [-0.2, 0) is 6.54 Å². The third kappa shape index (κ3) is 3.40. The highest BCUT2D eigenvalue weighted by atomic mass is 16.3. The Bertz CT molecular complexity index is 546. The van der Waals surface area contributed by atoms with Crippen molar-refractivity contribution >= 4 is 11.1 Å². The molecule has 3 rings (SSSR count). The van der Waals surface area contributed by atoms with Crippen LogP contribution in [0.15, 0.2) is 16.5 Å². The molecular formula is C17H26N2O. The van der Waals surface area contributed by atoms with Crippen LogP contribution in [0.25, 0.3) is 11.1 Å². The van der Waals surface area contributed by atoms with E-state index in [9.17, 15) is 0 Å². The lowest BCUT2D eigenvalue weighted by Gasteiger charge is -2.00. The fourth-order valence-electron chi connectivity index (χ4n) is 2.54. The molecule has 3 nitrogen and oxygen atoms in total. The molecule has 1 fully saturated rings. The second-order valence-corrected chi connectivity index (χ2v) is 5.88. The number of hydrogen-bond acceptors (Lipinski definition) is 3. The molecule has 2 aromatic rings. The van der Waals surface area contributed by atoms with E-state index in [0.29, 0.717) is 12.5 Å². The molecule has 0 spiro atoms. The van der Waals surface area contributed by atoms with Gasteiger partial charge in [0.05, 0.1) is 0 Å². The maximum atomic E-state index is 5.66. The zero-order valence-electron chi connectivity index (χ0n) is 12.9. The Labute approximate surface area is 121 Å². The number of fused-ring (bicyclic) bond motifs is 1. The predicted molar refractivity (Wildman–Crippen MR) is 83.8 cm³/mol. The van der Waals surface area contributed by atoms with Crippen molar-refractivity contribution in [2.24, 2.45) is 5.73 Å². The first-order chi connectivity index (χ1) is 9.63. The maximum absolute atomic E-state index is 5.66. The Kier molecular flexibility index (Phi) is 5.18. The van der Waals surface area contributed by atoms with Gasteiger partial charge < -0.3 is 10.2 Å². The number of aryl methyl sites for hydroxylation is 1. The third-order valence-electron chi connectivity index (χ3n) is 3.91. The average molecular weight is 274 g/mol. The predicted octanol–water partition coefficient (Wildman–Crippen LogP) is 4.67. The minimum atomic E-state index is 0.318. The first-order valence-electron chi connectivity index (χ1n) is 7.72. The quantitative estimate of drug-likeness (QED) is 0.865. The van der Waals surface area contributed by atoms with E-state index in [1.165, 1.54) is 32.1 Å². The Morgan fingerprint density at radius 1 is 1.15 bits per heavy atom. The molecule has 0 amide bonds. The summed E-state index contributed by atoms with van der Waals surface area (Å²) >= 11 is 0. The van der Waals surface area contributed by atoms with E-state index in [4.69, 9.17) is 10.2 Å². The molecule has 0 saturated heterocycles. The number of rotatable bonds is 2. The van der Waals surface area contributed by atoms with E-state index >= 15 is 0 Å². The van der Waals surface area contributed by atoms with Gasteiger partial charge in [-0.1, -0.05) is 52.0 Å². The fourth-order valence-corrected chi connectivity index (χ4v) is 2.54. The Balaban J connectivity index is 0.000000247. The van der Waals surface area contributed by atoms with E-state index in [-0.39, 0.29) is 0 Å². The minimum absolute atomic E-state index is 0.318. The molecule has 1 aromatic heterocycles. The summed E-state index contributed by atoms with van der Waals surface area (Å²) in [6.45, 7) is 6.73. The summed E-state index contributed by atoms with van der Waals surface area (Å²) in [5.41, 5.74) is 9.71. The second-order valence-electron chi connectivity index (χ2n) is 5.88. The van der Waals surface area contributed by atoms with Gasteiger partial charge in [0.2, 0.25) is 0 Å². The van der Waals surface area contributed by atoms with Gasteiger partial charge in [-0.05, 0) is 24.1 Å². The molecule has 1 aliphatic rings. The first-order valence-corrected chi connectivity index (χ1v) is 7.72. The van der Waals surface area contributed by atoms with Gasteiger partial charge in [-0.3, -0.25) is 0 Å². The van der Waals surface area contributed by atoms with Gasteiger partial charge in [-0.25, -0.2) is 4.98 Å². The van der Waals surface area contributed by atoms with Crippen LogP contribution in [0.3, 0.4) is 0 Å². The van der Waals surface area contributed by atoms with Crippen molar-refractivity contribution in [1.29, 1.82) is 0 Å². The van der Waals surface area contributed by atoms with Crippen LogP contribution in [0.2, 0.25) is 0 Å². The average Bonchev–Trinajstić information content (AvgIpc) is 3.12. The summed E-state index contributed by atoms with van der Waals surface area (Å²) in [6, 6.07) is 3.95. The summed E-state index contributed by atoms with van der Waals surface area (Å²) in [5, 5.41) is 0. The molecule has 0 atom stereocenters. The monoisotopic (exact) mass is 274 g/mol. The molecule has 0 aliphatic heterocycles. The highest BCUT2D eigenvalue weighted by Crippen LogP contribution is 2.25. The molecule has 0 unspecified atom stereocenters. The van der Waals surface area contributed by atoms with E-state index in [0.717, 1.165) is 28.1 Å². The van der Waals surface area contributed by atoms with Crippen molar-refractivity contribution in [3.63, 3.8) is 0 Å². The van der Waals surface area contributed by atoms with Gasteiger partial charge in [0.25, 0.3) is 0 Å². The number of benzene rings is 1. The van der Waals surface area contributed by atoms with E-state index in [1.54, 1.807) is 0 Å². The topological polar surface area (TPSA) is 52.0 Å². The number of oxazole rings is 1. The highest BCUT2D eigenvalue weighted by Gasteiger charge is 2.12. The molecule has 110 valence electrons. The molecule has 2 N–H and O–H groups in total. The molecule has 0 radical (unpaired) electrons. The molecule has 1 saturated carbocycles. The van der Waals surface area contributed by atoms with Crippen LogP contribution in [0.4, 0.5) is 0 Å². The summed E-state index contributed by atoms with van der Waals surface area (Å²) in [5.74, 6) is 1.11. The van der Waals surface area contributed by atoms with Crippen LogP contribution in [0.5, 0.6) is 0 Å². The normalized spacial score (nSPS) is 14.7. The zero-order chi connectivity index (χ0) is 14.5. The first kappa shape index (κ1) is 15.0. The van der Waals surface area contributed by atoms with Gasteiger partial charge in [0.15, 0.2) is 11.5 Å². The van der Waals surface area contributed by atoms with Crippen molar-refractivity contribution in [3.05, 3.63) is 29.2 Å². The number of nitrogens with two attached hydrogens (primary N) is 1. The van der Waals surface area contributed by atoms with Crippen LogP contribution in [0.1, 0.15) is 68.9 Å². The molecule has 20 heavy (non-hydrogen) atoms. The molecule has 0 bridgehead atoms. The van der Waals surface area contributed by atoms with Crippen LogP contribution >= 0.6 is 0 Å². The Morgan fingerprint density at radius 2 is 1.75 bits per heavy atom. The van der Waals surface area contributed by atoms with Crippen molar-refractivity contribution < 1.29 is 4.42 Å². The Morgan fingerprint density at radius 3 is 2.25 bits per heavy atom. The van der Waals surface area contributed by atoms with Crippen molar-refractivity contribution in [3.8, 4) is 0 Å². The molecule has 3 heteroatoms. The molecule has 1 heterocycles. The van der Waals surface area contributed by atoms with Gasteiger partial charge in [0, 0.05) is 12.5 Å². The highest BCUT2D eigenvalue weighted by molar-refractivity contribution is 5.77. The van der Waals surface area contributed by atoms with Crippen LogP contribution in [0, 0.1) is 6.92 Å². The lowest BCUT2D eigenvalue weighted by Crippen LogP contribution is -1.99. The van der Waals surface area contributed by atoms with Gasteiger partial charge >= 0.3 is 0 Å². The summed E-state index contributed by atoms with van der Waals surface area (Å²) in [6.07, 6.45) is 7.50. The van der Waals surface area contributed by atoms with Gasteiger partial charge in [-0.15, -0.1) is 0 Å². The van der Waals surface area contributed by atoms with Crippen molar-refractivity contribution in [2.75, 3.05) is 0 Å². The summed E-state index contributed by atoms with van der Waals surface area (Å²) in [7, 11) is 0. The zero-order valence-corrected chi connectivity index (χ0v) is 12.9.